The number of rotatable bonds is 5. The van der Waals surface area contributed by atoms with Gasteiger partial charge in [-0.1, -0.05) is 35.9 Å². The Hall–Kier alpha value is -4.28. The minimum absolute atomic E-state index is 0.105. The molecule has 2 aromatic carbocycles. The Bertz CT molecular complexity index is 1520. The smallest absolute Gasteiger partial charge is 0.302 e. The van der Waals surface area contributed by atoms with Gasteiger partial charge in [0.1, 0.15) is 23.2 Å². The summed E-state index contributed by atoms with van der Waals surface area (Å²) in [6, 6.07) is 13.8. The van der Waals surface area contributed by atoms with Gasteiger partial charge in [0.25, 0.3) is 5.91 Å². The van der Waals surface area contributed by atoms with Crippen LogP contribution in [0.1, 0.15) is 24.1 Å². The van der Waals surface area contributed by atoms with E-state index in [-0.39, 0.29) is 24.2 Å². The number of allylic oxidation sites excluding steroid dienone is 1. The summed E-state index contributed by atoms with van der Waals surface area (Å²) in [5.74, 6) is -0.269. The van der Waals surface area contributed by atoms with E-state index in [1.54, 1.807) is 43.3 Å². The molecule has 182 valence electrons. The van der Waals surface area contributed by atoms with E-state index in [4.69, 9.17) is 16.0 Å². The number of guanidine groups is 1. The topological polar surface area (TPSA) is 125 Å². The molecule has 2 aromatic heterocycles. The van der Waals surface area contributed by atoms with Crippen molar-refractivity contribution in [2.45, 2.75) is 19.6 Å². The number of aromatic nitrogens is 2. The standard InChI is InChI=1S/C25H20ClFN6O3/c1-13-21(23(35)31-20-9-6-14(12-34)11-28-20)22(16-4-2-3-5-17(16)26)32-24(29-13)33-25-30-18-8-7-15(27)10-19(18)36-25/h2-11,22,34H,12H2,1H3,(H,28,31,35)(H2,29,30,32,33). The molecular weight excluding hydrogens is 487 g/mol. The van der Waals surface area contributed by atoms with Crippen molar-refractivity contribution in [3.8, 4) is 0 Å². The summed E-state index contributed by atoms with van der Waals surface area (Å²) in [6.45, 7) is 1.59. The Morgan fingerprint density at radius 1 is 1.22 bits per heavy atom. The molecule has 1 amide bonds. The van der Waals surface area contributed by atoms with E-state index in [0.717, 1.165) is 0 Å². The number of aliphatic imine (C=N–C) groups is 1. The Morgan fingerprint density at radius 2 is 2.06 bits per heavy atom. The fraction of sp³-hybridized carbons (Fsp3) is 0.120. The lowest BCUT2D eigenvalue weighted by molar-refractivity contribution is -0.113. The number of carbonyl (C=O) groups excluding carboxylic acids is 1. The van der Waals surface area contributed by atoms with Gasteiger partial charge in [0.2, 0.25) is 5.96 Å². The van der Waals surface area contributed by atoms with Crippen molar-refractivity contribution in [2.75, 3.05) is 10.6 Å². The monoisotopic (exact) mass is 506 g/mol. The van der Waals surface area contributed by atoms with E-state index in [1.807, 2.05) is 0 Å². The second-order valence-corrected chi connectivity index (χ2v) is 8.39. The zero-order valence-corrected chi connectivity index (χ0v) is 19.7. The molecule has 0 spiro atoms. The number of hydrogen-bond donors (Lipinski definition) is 4. The van der Waals surface area contributed by atoms with Crippen molar-refractivity contribution < 1.29 is 18.7 Å². The van der Waals surface area contributed by atoms with E-state index in [9.17, 15) is 14.3 Å². The predicted octanol–water partition coefficient (Wildman–Crippen LogP) is 4.53. The maximum absolute atomic E-state index is 13.5. The number of hydrogen-bond acceptors (Lipinski definition) is 8. The molecule has 1 aliphatic rings. The quantitative estimate of drug-likeness (QED) is 0.313. The molecule has 1 unspecified atom stereocenters. The van der Waals surface area contributed by atoms with E-state index >= 15 is 0 Å². The van der Waals surface area contributed by atoms with Crippen LogP contribution in [0.15, 0.2) is 81.5 Å². The molecule has 0 fully saturated rings. The second kappa shape index (κ2) is 9.76. The van der Waals surface area contributed by atoms with Crippen molar-refractivity contribution in [3.63, 3.8) is 0 Å². The molecule has 0 saturated carbocycles. The van der Waals surface area contributed by atoms with Gasteiger partial charge in [0.15, 0.2) is 5.58 Å². The minimum Gasteiger partial charge on any atom is -0.423 e. The van der Waals surface area contributed by atoms with E-state index < -0.39 is 17.8 Å². The normalized spacial score (nSPS) is 15.4. The Morgan fingerprint density at radius 3 is 2.81 bits per heavy atom. The third-order valence-corrected chi connectivity index (χ3v) is 5.85. The van der Waals surface area contributed by atoms with Gasteiger partial charge in [0, 0.05) is 28.5 Å². The first-order valence-corrected chi connectivity index (χ1v) is 11.3. The number of halogens is 2. The van der Waals surface area contributed by atoms with E-state index in [2.05, 4.69) is 30.9 Å². The van der Waals surface area contributed by atoms with Gasteiger partial charge < -0.3 is 20.2 Å². The van der Waals surface area contributed by atoms with Gasteiger partial charge in [-0.2, -0.15) is 4.98 Å². The van der Waals surface area contributed by atoms with Gasteiger partial charge in [0.05, 0.1) is 12.2 Å². The first-order chi connectivity index (χ1) is 17.4. The van der Waals surface area contributed by atoms with Crippen LogP contribution in [0.2, 0.25) is 5.02 Å². The molecule has 5 rings (SSSR count). The van der Waals surface area contributed by atoms with Crippen molar-refractivity contribution in [1.29, 1.82) is 0 Å². The molecule has 0 bridgehead atoms. The fourth-order valence-corrected chi connectivity index (χ4v) is 4.02. The van der Waals surface area contributed by atoms with E-state index in [1.165, 1.54) is 24.4 Å². The lowest BCUT2D eigenvalue weighted by Crippen LogP contribution is -2.37. The Labute approximate surface area is 209 Å². The summed E-state index contributed by atoms with van der Waals surface area (Å²) in [7, 11) is 0. The van der Waals surface area contributed by atoms with Crippen molar-refractivity contribution in [1.82, 2.24) is 15.3 Å². The number of anilines is 2. The molecule has 3 heterocycles. The summed E-state index contributed by atoms with van der Waals surface area (Å²) < 4.78 is 19.1. The zero-order valence-electron chi connectivity index (χ0n) is 18.9. The van der Waals surface area contributed by atoms with Gasteiger partial charge in [-0.15, -0.1) is 0 Å². The molecule has 1 aliphatic heterocycles. The number of fused-ring (bicyclic) bond motifs is 1. The van der Waals surface area contributed by atoms with Gasteiger partial charge in [-0.25, -0.2) is 14.4 Å². The average molecular weight is 507 g/mol. The number of pyridine rings is 1. The molecule has 9 nitrogen and oxygen atoms in total. The summed E-state index contributed by atoms with van der Waals surface area (Å²) in [4.78, 5) is 26.5. The second-order valence-electron chi connectivity index (χ2n) is 7.99. The van der Waals surface area contributed by atoms with Crippen LogP contribution in [0.3, 0.4) is 0 Å². The Kier molecular flexibility index (Phi) is 6.36. The minimum atomic E-state index is -0.763. The molecule has 4 aromatic rings. The van der Waals surface area contributed by atoms with Crippen molar-refractivity contribution in [3.05, 3.63) is 94.0 Å². The zero-order chi connectivity index (χ0) is 25.2. The first kappa shape index (κ1) is 23.5. The van der Waals surface area contributed by atoms with Crippen LogP contribution in [-0.2, 0) is 11.4 Å². The number of nitrogens with one attached hydrogen (secondary N) is 3. The summed E-state index contributed by atoms with van der Waals surface area (Å²) in [6.07, 6.45) is 1.48. The lowest BCUT2D eigenvalue weighted by Gasteiger charge is -2.26. The number of carbonyl (C=O) groups is 1. The highest BCUT2D eigenvalue weighted by Gasteiger charge is 2.31. The molecule has 4 N–H and O–H groups in total. The van der Waals surface area contributed by atoms with Gasteiger partial charge in [-0.3, -0.25) is 10.1 Å². The van der Waals surface area contributed by atoms with Crippen LogP contribution in [-0.4, -0.2) is 26.9 Å². The molecule has 0 aliphatic carbocycles. The number of amides is 1. The lowest BCUT2D eigenvalue weighted by atomic mass is 9.95. The summed E-state index contributed by atoms with van der Waals surface area (Å²) in [5, 5.41) is 18.4. The number of aliphatic hydroxyl groups is 1. The number of oxazole rings is 1. The first-order valence-electron chi connectivity index (χ1n) is 10.9. The summed E-state index contributed by atoms with van der Waals surface area (Å²) in [5.41, 5.74) is 2.85. The van der Waals surface area contributed by atoms with E-state index in [0.29, 0.717) is 38.8 Å². The van der Waals surface area contributed by atoms with Crippen molar-refractivity contribution in [2.24, 2.45) is 4.99 Å². The van der Waals surface area contributed by atoms with Gasteiger partial charge in [-0.05, 0) is 36.8 Å². The highest BCUT2D eigenvalue weighted by molar-refractivity contribution is 6.31. The maximum Gasteiger partial charge on any atom is 0.302 e. The fourth-order valence-electron chi connectivity index (χ4n) is 3.78. The number of aliphatic hydroxyl groups excluding tert-OH is 1. The number of nitrogens with zero attached hydrogens (tertiary/aromatic N) is 3. The maximum atomic E-state index is 13.5. The molecular formula is C25H20ClFN6O3. The molecule has 11 heteroatoms. The third kappa shape index (κ3) is 4.77. The van der Waals surface area contributed by atoms with Gasteiger partial charge >= 0.3 is 6.01 Å². The third-order valence-electron chi connectivity index (χ3n) is 5.51. The summed E-state index contributed by atoms with van der Waals surface area (Å²) >= 11 is 6.48. The van der Waals surface area contributed by atoms with Crippen LogP contribution in [0, 0.1) is 5.82 Å². The molecule has 0 radical (unpaired) electrons. The number of benzene rings is 2. The van der Waals surface area contributed by atoms with Crippen LogP contribution in [0.4, 0.5) is 16.2 Å². The van der Waals surface area contributed by atoms with Crippen LogP contribution in [0.5, 0.6) is 0 Å². The highest BCUT2D eigenvalue weighted by atomic mass is 35.5. The SMILES string of the molecule is CC1=C(C(=O)Nc2ccc(CO)cn2)C(c2ccccc2Cl)N=C(Nc2nc3ccc(F)cc3o2)N1. The molecule has 36 heavy (non-hydrogen) atoms. The molecule has 0 saturated heterocycles. The predicted molar refractivity (Wildman–Crippen MR) is 134 cm³/mol. The Balaban J connectivity index is 1.47. The molecule has 1 atom stereocenters. The highest BCUT2D eigenvalue weighted by Crippen LogP contribution is 2.35. The van der Waals surface area contributed by atoms with Crippen molar-refractivity contribution >= 4 is 46.4 Å². The van der Waals surface area contributed by atoms with Crippen LogP contribution in [0.25, 0.3) is 11.1 Å². The van der Waals surface area contributed by atoms with Crippen LogP contribution >= 0.6 is 11.6 Å². The average Bonchev–Trinajstić information content (AvgIpc) is 3.25. The largest absolute Gasteiger partial charge is 0.423 e. The van der Waals surface area contributed by atoms with Crippen LogP contribution < -0.4 is 16.0 Å².